The maximum atomic E-state index is 12.5. The molecular weight excluding hydrogens is 412 g/mol. The highest BCUT2D eigenvalue weighted by molar-refractivity contribution is 5.81. The van der Waals surface area contributed by atoms with Crippen LogP contribution in [0.1, 0.15) is 35.6 Å². The third-order valence-corrected chi connectivity index (χ3v) is 5.89. The van der Waals surface area contributed by atoms with Crippen LogP contribution < -0.4 is 11.2 Å². The lowest BCUT2D eigenvalue weighted by molar-refractivity contribution is 0.648. The van der Waals surface area contributed by atoms with Gasteiger partial charge >= 0.3 is 5.69 Å². The minimum atomic E-state index is -0.655. The number of fused-ring (bicyclic) bond motifs is 2. The average Bonchev–Trinajstić information content (AvgIpc) is 2.79. The highest BCUT2D eigenvalue weighted by Crippen LogP contribution is 2.25. The SMILES string of the molecule is C=CCc1cc2c(cc1C)nc1c(=O)[nH]c(=O)nc-1n2CCCc1ccc(C/C=C/C)cc1. The summed E-state index contributed by atoms with van der Waals surface area (Å²) in [4.78, 5) is 35.3. The van der Waals surface area contributed by atoms with Crippen molar-refractivity contribution in [1.82, 2.24) is 19.5 Å². The van der Waals surface area contributed by atoms with Gasteiger partial charge in [0.05, 0.1) is 11.0 Å². The molecule has 0 spiro atoms. The van der Waals surface area contributed by atoms with Gasteiger partial charge in [0.25, 0.3) is 5.56 Å². The Morgan fingerprint density at radius 1 is 1.06 bits per heavy atom. The molecule has 0 saturated heterocycles. The van der Waals surface area contributed by atoms with Crippen LogP contribution in [0.2, 0.25) is 0 Å². The van der Waals surface area contributed by atoms with E-state index >= 15 is 0 Å². The summed E-state index contributed by atoms with van der Waals surface area (Å²) >= 11 is 0. The lowest BCUT2D eigenvalue weighted by atomic mass is 10.0. The van der Waals surface area contributed by atoms with Gasteiger partial charge in [-0.1, -0.05) is 42.5 Å². The maximum absolute atomic E-state index is 12.5. The minimum absolute atomic E-state index is 0.186. The molecule has 2 aromatic carbocycles. The van der Waals surface area contributed by atoms with E-state index in [2.05, 4.69) is 64.0 Å². The van der Waals surface area contributed by atoms with Crippen molar-refractivity contribution in [3.63, 3.8) is 0 Å². The second kappa shape index (κ2) is 9.77. The number of H-pyrrole nitrogens is 1. The van der Waals surface area contributed by atoms with Gasteiger partial charge in [-0.15, -0.1) is 6.58 Å². The first kappa shape index (κ1) is 22.4. The van der Waals surface area contributed by atoms with Crippen LogP contribution in [0.3, 0.4) is 0 Å². The van der Waals surface area contributed by atoms with Crippen LogP contribution in [0.4, 0.5) is 0 Å². The lowest BCUT2D eigenvalue weighted by Gasteiger charge is -2.18. The number of hydrogen-bond donors (Lipinski definition) is 1. The highest BCUT2D eigenvalue weighted by atomic mass is 16.2. The molecule has 2 aliphatic rings. The first-order valence-electron chi connectivity index (χ1n) is 11.2. The van der Waals surface area contributed by atoms with E-state index in [4.69, 9.17) is 0 Å². The van der Waals surface area contributed by atoms with Gasteiger partial charge in [-0.2, -0.15) is 4.98 Å². The van der Waals surface area contributed by atoms with Gasteiger partial charge < -0.3 is 4.57 Å². The summed E-state index contributed by atoms with van der Waals surface area (Å²) in [5.41, 5.74) is 5.36. The molecule has 1 N–H and O–H groups in total. The summed E-state index contributed by atoms with van der Waals surface area (Å²) in [6.45, 7) is 8.52. The Bertz CT molecular complexity index is 1410. The van der Waals surface area contributed by atoms with Gasteiger partial charge in [0, 0.05) is 6.54 Å². The molecule has 2 heterocycles. The molecule has 2 aromatic rings. The smallest absolute Gasteiger partial charge is 0.322 e. The van der Waals surface area contributed by atoms with Crippen molar-refractivity contribution >= 4 is 11.0 Å². The van der Waals surface area contributed by atoms with E-state index in [1.54, 1.807) is 0 Å². The summed E-state index contributed by atoms with van der Waals surface area (Å²) in [7, 11) is 0. The van der Waals surface area contributed by atoms with Crippen molar-refractivity contribution < 1.29 is 0 Å². The van der Waals surface area contributed by atoms with Gasteiger partial charge in [0.1, 0.15) is 0 Å². The van der Waals surface area contributed by atoms with Gasteiger partial charge in [-0.3, -0.25) is 9.78 Å². The number of benzene rings is 2. The van der Waals surface area contributed by atoms with E-state index in [0.717, 1.165) is 42.3 Å². The van der Waals surface area contributed by atoms with E-state index in [9.17, 15) is 9.59 Å². The number of allylic oxidation sites excluding steroid dienone is 3. The third kappa shape index (κ3) is 4.85. The molecule has 0 aliphatic carbocycles. The molecule has 0 aromatic heterocycles. The molecule has 168 valence electrons. The zero-order valence-electron chi connectivity index (χ0n) is 19.1. The summed E-state index contributed by atoms with van der Waals surface area (Å²) in [5.74, 6) is 0.325. The van der Waals surface area contributed by atoms with Crippen molar-refractivity contribution in [2.24, 2.45) is 0 Å². The molecule has 0 atom stereocenters. The van der Waals surface area contributed by atoms with Crippen molar-refractivity contribution in [3.05, 3.63) is 104 Å². The fourth-order valence-electron chi connectivity index (χ4n) is 4.13. The predicted molar refractivity (Wildman–Crippen MR) is 133 cm³/mol. The Morgan fingerprint density at radius 2 is 1.82 bits per heavy atom. The summed E-state index contributed by atoms with van der Waals surface area (Å²) in [6.07, 6.45) is 9.45. The van der Waals surface area contributed by atoms with Crippen molar-refractivity contribution in [2.75, 3.05) is 0 Å². The third-order valence-electron chi connectivity index (χ3n) is 5.89. The molecule has 0 bridgehead atoms. The Balaban J connectivity index is 1.70. The Morgan fingerprint density at radius 3 is 2.55 bits per heavy atom. The minimum Gasteiger partial charge on any atom is -0.322 e. The molecule has 0 unspecified atom stereocenters. The number of nitrogens with one attached hydrogen (secondary N) is 1. The number of rotatable bonds is 8. The van der Waals surface area contributed by atoms with Crippen LogP contribution in [-0.2, 0) is 25.8 Å². The summed E-state index contributed by atoms with van der Waals surface area (Å²) in [5, 5.41) is 0. The van der Waals surface area contributed by atoms with Crippen molar-refractivity contribution in [3.8, 4) is 11.5 Å². The second-order valence-electron chi connectivity index (χ2n) is 8.26. The van der Waals surface area contributed by atoms with Crippen molar-refractivity contribution in [1.29, 1.82) is 0 Å². The van der Waals surface area contributed by atoms with E-state index in [-0.39, 0.29) is 5.69 Å². The lowest BCUT2D eigenvalue weighted by Crippen LogP contribution is -2.29. The van der Waals surface area contributed by atoms with Crippen LogP contribution in [0, 0.1) is 6.92 Å². The number of nitrogens with zero attached hydrogens (tertiary/aromatic N) is 3. The molecule has 6 nitrogen and oxygen atoms in total. The summed E-state index contributed by atoms with van der Waals surface area (Å²) in [6, 6.07) is 12.7. The van der Waals surface area contributed by atoms with Crippen LogP contribution >= 0.6 is 0 Å². The van der Waals surface area contributed by atoms with Crippen LogP contribution in [0.15, 0.2) is 70.8 Å². The van der Waals surface area contributed by atoms with Gasteiger partial charge in [-0.25, -0.2) is 9.78 Å². The first-order chi connectivity index (χ1) is 16.0. The maximum Gasteiger partial charge on any atom is 0.349 e. The summed E-state index contributed by atoms with van der Waals surface area (Å²) < 4.78 is 1.96. The molecule has 4 rings (SSSR count). The molecular formula is C27H28N4O2. The number of aromatic nitrogens is 4. The monoisotopic (exact) mass is 440 g/mol. The fourth-order valence-corrected chi connectivity index (χ4v) is 4.13. The largest absolute Gasteiger partial charge is 0.349 e. The Labute approximate surface area is 192 Å². The van der Waals surface area contributed by atoms with E-state index in [0.29, 0.717) is 17.9 Å². The second-order valence-corrected chi connectivity index (χ2v) is 8.26. The average molecular weight is 441 g/mol. The quantitative estimate of drug-likeness (QED) is 0.326. The van der Waals surface area contributed by atoms with Crippen LogP contribution in [0.25, 0.3) is 22.6 Å². The topological polar surface area (TPSA) is 80.6 Å². The van der Waals surface area contributed by atoms with Crippen LogP contribution in [0.5, 0.6) is 0 Å². The normalized spacial score (nSPS) is 11.6. The van der Waals surface area contributed by atoms with Gasteiger partial charge in [0.15, 0.2) is 11.5 Å². The zero-order valence-corrected chi connectivity index (χ0v) is 19.1. The van der Waals surface area contributed by atoms with E-state index in [1.165, 1.54) is 11.1 Å². The van der Waals surface area contributed by atoms with Gasteiger partial charge in [-0.05, 0) is 73.9 Å². The molecule has 33 heavy (non-hydrogen) atoms. The molecule has 0 saturated carbocycles. The standard InChI is InChI=1S/C27H28N4O2/c1-4-6-9-19-11-13-20(14-12-19)10-7-15-31-23-17-21(8-5-2)18(3)16-22(23)28-24-25(31)29-27(33)30-26(24)32/h4-6,11-14,16-17H,2,7-10,15H2,1,3H3,(H,30,32,33)/b6-4+. The molecule has 0 fully saturated rings. The first-order valence-corrected chi connectivity index (χ1v) is 11.2. The molecule has 6 heteroatoms. The molecule has 2 aliphatic heterocycles. The highest BCUT2D eigenvalue weighted by Gasteiger charge is 2.19. The predicted octanol–water partition coefficient (Wildman–Crippen LogP) is 4.37. The molecule has 0 radical (unpaired) electrons. The van der Waals surface area contributed by atoms with E-state index < -0.39 is 11.2 Å². The number of aromatic amines is 1. The van der Waals surface area contributed by atoms with Crippen LogP contribution in [-0.4, -0.2) is 19.5 Å². The van der Waals surface area contributed by atoms with Gasteiger partial charge in [0.2, 0.25) is 0 Å². The molecule has 0 amide bonds. The zero-order chi connectivity index (χ0) is 23.4. The Kier molecular flexibility index (Phi) is 6.63. The number of hydrogen-bond acceptors (Lipinski definition) is 4. The fraction of sp³-hybridized carbons (Fsp3) is 0.259. The van der Waals surface area contributed by atoms with E-state index in [1.807, 2.05) is 30.6 Å². The number of aryl methyl sites for hydroxylation is 3. The Hall–Kier alpha value is -3.80. The van der Waals surface area contributed by atoms with Crippen molar-refractivity contribution in [2.45, 2.75) is 46.1 Å².